The van der Waals surface area contributed by atoms with Gasteiger partial charge in [0.15, 0.2) is 11.5 Å². The lowest BCUT2D eigenvalue weighted by Crippen LogP contribution is -2.17. The van der Waals surface area contributed by atoms with Crippen LogP contribution in [0, 0.1) is 0 Å². The number of ether oxygens (including phenoxy) is 1. The Morgan fingerprint density at radius 2 is 2.38 bits per heavy atom. The Balaban J connectivity index is 2.47. The number of aromatic nitrogens is 2. The third-order valence-electron chi connectivity index (χ3n) is 2.34. The molecule has 0 bridgehead atoms. The van der Waals surface area contributed by atoms with Crippen LogP contribution in [0.15, 0.2) is 0 Å². The summed E-state index contributed by atoms with van der Waals surface area (Å²) < 4.78 is 4.93. The van der Waals surface area contributed by atoms with Gasteiger partial charge in [-0.15, -0.1) is 0 Å². The highest BCUT2D eigenvalue weighted by Gasteiger charge is 2.21. The van der Waals surface area contributed by atoms with E-state index in [1.165, 1.54) is 0 Å². The van der Waals surface area contributed by atoms with E-state index in [2.05, 4.69) is 9.97 Å². The number of hydrogen-bond acceptors (Lipinski definition) is 5. The molecule has 86 valence electrons. The lowest BCUT2D eigenvalue weighted by Gasteiger charge is -2.16. The van der Waals surface area contributed by atoms with Crippen LogP contribution < -0.4 is 0 Å². The summed E-state index contributed by atoms with van der Waals surface area (Å²) in [6.07, 6.45) is 0.805. The van der Waals surface area contributed by atoms with Crippen LogP contribution in [0.1, 0.15) is 27.6 Å². The largest absolute Gasteiger partial charge is 0.476 e. The number of carboxylic acid groups (broad SMARTS) is 1. The molecule has 0 aromatic carbocycles. The van der Waals surface area contributed by atoms with Gasteiger partial charge in [0.2, 0.25) is 0 Å². The van der Waals surface area contributed by atoms with Gasteiger partial charge in [0.05, 0.1) is 0 Å². The summed E-state index contributed by atoms with van der Waals surface area (Å²) in [5, 5.41) is 9.09. The molecule has 2 heterocycles. The summed E-state index contributed by atoms with van der Waals surface area (Å²) in [6, 6.07) is 0. The number of aromatic carboxylic acids is 1. The van der Waals surface area contributed by atoms with Crippen LogP contribution in [0.25, 0.3) is 0 Å². The monoisotopic (exact) mass is 240 g/mol. The fourth-order valence-electron chi connectivity index (χ4n) is 1.65. The number of methoxy groups -OCH3 is 1. The first-order valence-electron chi connectivity index (χ1n) is 4.91. The molecule has 16 heavy (non-hydrogen) atoms. The van der Waals surface area contributed by atoms with Crippen LogP contribution in [-0.2, 0) is 23.5 Å². The first kappa shape index (κ1) is 11.3. The smallest absolute Gasteiger partial charge is 0.354 e. The van der Waals surface area contributed by atoms with Gasteiger partial charge in [0.25, 0.3) is 0 Å². The maximum atomic E-state index is 11.1. The molecule has 0 spiro atoms. The zero-order valence-electron chi connectivity index (χ0n) is 8.89. The third kappa shape index (κ3) is 2.17. The number of fused-ring (bicyclic) bond motifs is 1. The van der Waals surface area contributed by atoms with Crippen molar-refractivity contribution in [2.24, 2.45) is 0 Å². The number of thioether (sulfide) groups is 1. The van der Waals surface area contributed by atoms with Gasteiger partial charge < -0.3 is 9.84 Å². The molecule has 1 aromatic rings. The molecular formula is C10H12N2O3S. The van der Waals surface area contributed by atoms with Crippen molar-refractivity contribution in [3.63, 3.8) is 0 Å². The van der Waals surface area contributed by atoms with Gasteiger partial charge in [-0.1, -0.05) is 0 Å². The first-order valence-corrected chi connectivity index (χ1v) is 6.06. The second-order valence-corrected chi connectivity index (χ2v) is 4.56. The quantitative estimate of drug-likeness (QED) is 0.853. The molecule has 0 amide bonds. The zero-order chi connectivity index (χ0) is 11.5. The predicted molar refractivity (Wildman–Crippen MR) is 59.6 cm³/mol. The maximum Gasteiger partial charge on any atom is 0.354 e. The van der Waals surface area contributed by atoms with Crippen molar-refractivity contribution in [2.45, 2.75) is 18.8 Å². The van der Waals surface area contributed by atoms with E-state index in [0.29, 0.717) is 11.6 Å². The summed E-state index contributed by atoms with van der Waals surface area (Å²) in [6.45, 7) is 0.251. The van der Waals surface area contributed by atoms with Crippen molar-refractivity contribution in [3.8, 4) is 0 Å². The Labute approximate surface area is 97.2 Å². The Kier molecular flexibility index (Phi) is 3.40. The molecular weight excluding hydrogens is 228 g/mol. The summed E-state index contributed by atoms with van der Waals surface area (Å²) in [5.41, 5.74) is 1.76. The average Bonchev–Trinajstić information content (AvgIpc) is 2.28. The molecule has 0 saturated carbocycles. The van der Waals surface area contributed by atoms with E-state index < -0.39 is 5.97 Å². The molecule has 1 N–H and O–H groups in total. The molecule has 0 unspecified atom stereocenters. The van der Waals surface area contributed by atoms with Crippen LogP contribution in [0.2, 0.25) is 0 Å². The van der Waals surface area contributed by atoms with E-state index in [1.807, 2.05) is 0 Å². The molecule has 5 nitrogen and oxygen atoms in total. The SMILES string of the molecule is COCc1nc2c(c(C(=O)O)n1)CSCC2. The van der Waals surface area contributed by atoms with E-state index in [0.717, 1.165) is 23.4 Å². The van der Waals surface area contributed by atoms with Crippen LogP contribution in [-0.4, -0.2) is 33.9 Å². The topological polar surface area (TPSA) is 72.3 Å². The van der Waals surface area contributed by atoms with Gasteiger partial charge in [-0.05, 0) is 12.2 Å². The molecule has 6 heteroatoms. The minimum atomic E-state index is -0.987. The molecule has 0 fully saturated rings. The summed E-state index contributed by atoms with van der Waals surface area (Å²) in [7, 11) is 1.54. The molecule has 2 rings (SSSR count). The van der Waals surface area contributed by atoms with Crippen LogP contribution in [0.3, 0.4) is 0 Å². The molecule has 0 saturated heterocycles. The van der Waals surface area contributed by atoms with Gasteiger partial charge in [-0.25, -0.2) is 14.8 Å². The normalized spacial score (nSPS) is 14.6. The molecule has 0 radical (unpaired) electrons. The van der Waals surface area contributed by atoms with E-state index in [4.69, 9.17) is 9.84 Å². The average molecular weight is 240 g/mol. The Hall–Kier alpha value is -1.14. The lowest BCUT2D eigenvalue weighted by molar-refractivity contribution is 0.0687. The van der Waals surface area contributed by atoms with Crippen LogP contribution >= 0.6 is 11.8 Å². The fraction of sp³-hybridized carbons (Fsp3) is 0.500. The van der Waals surface area contributed by atoms with Gasteiger partial charge in [-0.3, -0.25) is 0 Å². The molecule has 0 aliphatic carbocycles. The van der Waals surface area contributed by atoms with Crippen molar-refractivity contribution < 1.29 is 14.6 Å². The van der Waals surface area contributed by atoms with Crippen LogP contribution in [0.5, 0.6) is 0 Å². The van der Waals surface area contributed by atoms with E-state index in [-0.39, 0.29) is 12.3 Å². The Morgan fingerprint density at radius 1 is 1.56 bits per heavy atom. The van der Waals surface area contributed by atoms with Gasteiger partial charge in [-0.2, -0.15) is 11.8 Å². The summed E-state index contributed by atoms with van der Waals surface area (Å²) in [5.74, 6) is 1.13. The summed E-state index contributed by atoms with van der Waals surface area (Å²) >= 11 is 1.71. The Morgan fingerprint density at radius 3 is 3.06 bits per heavy atom. The molecule has 1 aromatic heterocycles. The molecule has 1 aliphatic heterocycles. The number of aryl methyl sites for hydroxylation is 1. The molecule has 0 atom stereocenters. The second kappa shape index (κ2) is 4.80. The van der Waals surface area contributed by atoms with Crippen molar-refractivity contribution in [1.82, 2.24) is 9.97 Å². The third-order valence-corrected chi connectivity index (χ3v) is 3.33. The molecule has 1 aliphatic rings. The van der Waals surface area contributed by atoms with Crippen molar-refractivity contribution in [2.75, 3.05) is 12.9 Å². The standard InChI is InChI=1S/C10H12N2O3S/c1-15-4-8-11-7-2-3-16-5-6(7)9(12-8)10(13)14/h2-5H2,1H3,(H,13,14). The minimum absolute atomic E-state index is 0.129. The van der Waals surface area contributed by atoms with Gasteiger partial charge >= 0.3 is 5.97 Å². The van der Waals surface area contributed by atoms with Crippen LogP contribution in [0.4, 0.5) is 0 Å². The Bertz CT molecular complexity index is 423. The van der Waals surface area contributed by atoms with E-state index in [9.17, 15) is 4.79 Å². The second-order valence-electron chi connectivity index (χ2n) is 3.45. The van der Waals surface area contributed by atoms with E-state index in [1.54, 1.807) is 18.9 Å². The highest BCUT2D eigenvalue weighted by molar-refractivity contribution is 7.98. The minimum Gasteiger partial charge on any atom is -0.476 e. The maximum absolute atomic E-state index is 11.1. The number of hydrogen-bond donors (Lipinski definition) is 1. The van der Waals surface area contributed by atoms with Gasteiger partial charge in [0, 0.05) is 24.1 Å². The predicted octanol–water partition coefficient (Wildman–Crippen LogP) is 1.11. The summed E-state index contributed by atoms with van der Waals surface area (Å²) in [4.78, 5) is 19.4. The number of carboxylic acids is 1. The van der Waals surface area contributed by atoms with Crippen molar-refractivity contribution >= 4 is 17.7 Å². The first-order chi connectivity index (χ1) is 7.72. The number of carbonyl (C=O) groups is 1. The van der Waals surface area contributed by atoms with E-state index >= 15 is 0 Å². The van der Waals surface area contributed by atoms with Crippen molar-refractivity contribution in [3.05, 3.63) is 22.8 Å². The highest BCUT2D eigenvalue weighted by atomic mass is 32.2. The van der Waals surface area contributed by atoms with Crippen molar-refractivity contribution in [1.29, 1.82) is 0 Å². The lowest BCUT2D eigenvalue weighted by atomic mass is 10.1. The fourth-order valence-corrected chi connectivity index (χ4v) is 2.64. The number of rotatable bonds is 3. The zero-order valence-corrected chi connectivity index (χ0v) is 9.71. The van der Waals surface area contributed by atoms with Gasteiger partial charge in [0.1, 0.15) is 6.61 Å². The highest BCUT2D eigenvalue weighted by Crippen LogP contribution is 2.25. The number of nitrogens with zero attached hydrogens (tertiary/aromatic N) is 2.